The van der Waals surface area contributed by atoms with Crippen LogP contribution in [0.25, 0.3) is 0 Å². The van der Waals surface area contributed by atoms with Crippen molar-refractivity contribution in [3.05, 3.63) is 29.3 Å². The maximum absolute atomic E-state index is 13.0. The van der Waals surface area contributed by atoms with Crippen LogP contribution < -0.4 is 4.90 Å². The number of hydrazone groups is 1. The Morgan fingerprint density at radius 2 is 1.83 bits per heavy atom. The van der Waals surface area contributed by atoms with Gasteiger partial charge in [-0.2, -0.15) is 5.10 Å². The van der Waals surface area contributed by atoms with Gasteiger partial charge in [-0.3, -0.25) is 9.59 Å². The number of piperazine rings is 1. The summed E-state index contributed by atoms with van der Waals surface area (Å²) in [4.78, 5) is 29.4. The van der Waals surface area contributed by atoms with E-state index in [0.29, 0.717) is 31.6 Å². The Balaban J connectivity index is 1.42. The summed E-state index contributed by atoms with van der Waals surface area (Å²) >= 11 is 0. The lowest BCUT2D eigenvalue weighted by Crippen LogP contribution is -2.52. The first kappa shape index (κ1) is 20.8. The van der Waals surface area contributed by atoms with Crippen molar-refractivity contribution in [1.82, 2.24) is 9.91 Å². The summed E-state index contributed by atoms with van der Waals surface area (Å²) in [7, 11) is -3.13. The third kappa shape index (κ3) is 4.21. The molecule has 1 unspecified atom stereocenters. The first-order chi connectivity index (χ1) is 14.2. The van der Waals surface area contributed by atoms with Gasteiger partial charge in [-0.25, -0.2) is 13.4 Å². The first-order valence-corrected chi connectivity index (χ1v) is 12.3. The van der Waals surface area contributed by atoms with Crippen LogP contribution in [0.1, 0.15) is 30.4 Å². The Morgan fingerprint density at radius 3 is 2.47 bits per heavy atom. The van der Waals surface area contributed by atoms with E-state index in [1.54, 1.807) is 4.90 Å². The Morgan fingerprint density at radius 1 is 1.10 bits per heavy atom. The van der Waals surface area contributed by atoms with Crippen molar-refractivity contribution in [2.45, 2.75) is 39.2 Å². The molecular formula is C21H28N4O4S. The molecule has 2 saturated heterocycles. The molecule has 3 aliphatic heterocycles. The quantitative estimate of drug-likeness (QED) is 0.714. The lowest BCUT2D eigenvalue weighted by Gasteiger charge is -2.37. The van der Waals surface area contributed by atoms with Gasteiger partial charge >= 0.3 is 0 Å². The second-order valence-corrected chi connectivity index (χ2v) is 10.6. The molecule has 2 amide bonds. The van der Waals surface area contributed by atoms with Gasteiger partial charge < -0.3 is 9.80 Å². The maximum Gasteiger partial charge on any atom is 0.270 e. The van der Waals surface area contributed by atoms with E-state index >= 15 is 0 Å². The van der Waals surface area contributed by atoms with E-state index in [4.69, 9.17) is 0 Å². The van der Waals surface area contributed by atoms with E-state index in [-0.39, 0.29) is 29.7 Å². The van der Waals surface area contributed by atoms with Gasteiger partial charge in [0.05, 0.1) is 17.5 Å². The number of aryl methyl sites for hydroxylation is 2. The number of amides is 2. The number of rotatable bonds is 3. The summed E-state index contributed by atoms with van der Waals surface area (Å²) in [5.74, 6) is -0.346. The highest BCUT2D eigenvalue weighted by Crippen LogP contribution is 2.24. The number of anilines is 1. The fourth-order valence-electron chi connectivity index (χ4n) is 4.47. The van der Waals surface area contributed by atoms with Gasteiger partial charge in [0, 0.05) is 44.7 Å². The van der Waals surface area contributed by atoms with Crippen LogP contribution in [0.2, 0.25) is 0 Å². The van der Waals surface area contributed by atoms with E-state index in [1.807, 2.05) is 0 Å². The molecule has 0 radical (unpaired) electrons. The van der Waals surface area contributed by atoms with Gasteiger partial charge in [0.25, 0.3) is 5.91 Å². The van der Waals surface area contributed by atoms with Crippen molar-refractivity contribution in [3.8, 4) is 0 Å². The molecule has 3 heterocycles. The molecule has 9 heteroatoms. The summed E-state index contributed by atoms with van der Waals surface area (Å²) in [6, 6.07) is 5.95. The lowest BCUT2D eigenvalue weighted by atomic mass is 10.1. The summed E-state index contributed by atoms with van der Waals surface area (Å²) < 4.78 is 23.6. The zero-order valence-electron chi connectivity index (χ0n) is 17.5. The van der Waals surface area contributed by atoms with E-state index in [0.717, 1.165) is 13.1 Å². The fourth-order valence-corrected chi connectivity index (χ4v) is 6.16. The van der Waals surface area contributed by atoms with Crippen LogP contribution in [0.15, 0.2) is 23.3 Å². The molecule has 1 aromatic carbocycles. The number of carbonyl (C=O) groups is 2. The van der Waals surface area contributed by atoms with Gasteiger partial charge in [0.2, 0.25) is 5.91 Å². The molecule has 0 N–H and O–H groups in total. The highest BCUT2D eigenvalue weighted by Gasteiger charge is 2.38. The summed E-state index contributed by atoms with van der Waals surface area (Å²) in [5, 5.41) is 5.57. The highest BCUT2D eigenvalue weighted by molar-refractivity contribution is 7.91. The average molecular weight is 433 g/mol. The molecule has 0 bridgehead atoms. The van der Waals surface area contributed by atoms with Gasteiger partial charge in [0.15, 0.2) is 9.84 Å². The Hall–Kier alpha value is -2.42. The van der Waals surface area contributed by atoms with Crippen molar-refractivity contribution in [3.63, 3.8) is 0 Å². The number of sulfone groups is 1. The van der Waals surface area contributed by atoms with Crippen molar-refractivity contribution in [2.24, 2.45) is 5.10 Å². The lowest BCUT2D eigenvalue weighted by molar-refractivity contribution is -0.134. The molecule has 30 heavy (non-hydrogen) atoms. The molecule has 0 saturated carbocycles. The van der Waals surface area contributed by atoms with Crippen molar-refractivity contribution in [2.75, 3.05) is 42.6 Å². The molecule has 0 aromatic heterocycles. The zero-order chi connectivity index (χ0) is 21.5. The molecule has 8 nitrogen and oxygen atoms in total. The van der Waals surface area contributed by atoms with Gasteiger partial charge in [0.1, 0.15) is 5.71 Å². The predicted octanol–water partition coefficient (Wildman–Crippen LogP) is 1.12. The summed E-state index contributed by atoms with van der Waals surface area (Å²) in [5.41, 5.74) is 4.02. The zero-order valence-corrected chi connectivity index (χ0v) is 18.3. The molecule has 4 rings (SSSR count). The number of benzene rings is 1. The van der Waals surface area contributed by atoms with Crippen molar-refractivity contribution >= 4 is 33.1 Å². The van der Waals surface area contributed by atoms with Gasteiger partial charge in [-0.05, 0) is 31.9 Å². The van der Waals surface area contributed by atoms with Crippen molar-refractivity contribution in [1.29, 1.82) is 0 Å². The summed E-state index contributed by atoms with van der Waals surface area (Å²) in [6.45, 7) is 6.85. The largest absolute Gasteiger partial charge is 0.368 e. The van der Waals surface area contributed by atoms with Crippen molar-refractivity contribution < 1.29 is 18.0 Å². The second-order valence-electron chi connectivity index (χ2n) is 8.41. The van der Waals surface area contributed by atoms with Gasteiger partial charge in [-0.1, -0.05) is 17.7 Å². The van der Waals surface area contributed by atoms with Crippen LogP contribution in [0.4, 0.5) is 5.69 Å². The predicted molar refractivity (Wildman–Crippen MR) is 115 cm³/mol. The first-order valence-electron chi connectivity index (χ1n) is 10.4. The molecule has 1 aromatic rings. The molecule has 162 valence electrons. The maximum atomic E-state index is 13.0. The third-order valence-electron chi connectivity index (χ3n) is 6.12. The van der Waals surface area contributed by atoms with Crippen LogP contribution in [0, 0.1) is 13.8 Å². The molecule has 0 spiro atoms. The second kappa shape index (κ2) is 8.02. The SMILES string of the molecule is Cc1ccc(N2CCN(C(=O)C3=NN(C4CCS(=O)(=O)C4)C(=O)CC3)CC2)c(C)c1. The molecule has 2 fully saturated rings. The Kier molecular flexibility index (Phi) is 5.57. The van der Waals surface area contributed by atoms with Crippen LogP contribution >= 0.6 is 0 Å². The topological polar surface area (TPSA) is 90.4 Å². The smallest absolute Gasteiger partial charge is 0.270 e. The number of nitrogens with zero attached hydrogens (tertiary/aromatic N) is 4. The molecule has 0 aliphatic carbocycles. The Bertz CT molecular complexity index is 996. The number of hydrogen-bond acceptors (Lipinski definition) is 6. The average Bonchev–Trinajstić information content (AvgIpc) is 3.07. The number of carbonyl (C=O) groups excluding carboxylic acids is 2. The van der Waals surface area contributed by atoms with E-state index in [9.17, 15) is 18.0 Å². The minimum atomic E-state index is -3.13. The standard InChI is InChI=1S/C21H28N4O4S/c1-15-3-5-19(16(2)13-15)23-8-10-24(11-9-23)21(27)18-4-6-20(26)25(22-18)17-7-12-30(28,29)14-17/h3,5,13,17H,4,6-12,14H2,1-2H3. The third-order valence-corrected chi connectivity index (χ3v) is 7.87. The molecular weight excluding hydrogens is 404 g/mol. The monoisotopic (exact) mass is 432 g/mol. The highest BCUT2D eigenvalue weighted by atomic mass is 32.2. The van der Waals surface area contributed by atoms with Crippen LogP contribution in [-0.2, 0) is 19.4 Å². The van der Waals surface area contributed by atoms with E-state index < -0.39 is 15.9 Å². The summed E-state index contributed by atoms with van der Waals surface area (Å²) in [6.07, 6.45) is 0.891. The van der Waals surface area contributed by atoms with Crippen LogP contribution in [0.3, 0.4) is 0 Å². The number of hydrogen-bond donors (Lipinski definition) is 0. The van der Waals surface area contributed by atoms with E-state index in [2.05, 4.69) is 42.0 Å². The van der Waals surface area contributed by atoms with E-state index in [1.165, 1.54) is 21.8 Å². The van der Waals surface area contributed by atoms with Gasteiger partial charge in [-0.15, -0.1) is 0 Å². The van der Waals surface area contributed by atoms with Crippen LogP contribution in [-0.4, -0.2) is 79.6 Å². The molecule has 3 aliphatic rings. The normalized spacial score (nSPS) is 24.2. The minimum absolute atomic E-state index is 0.0701. The minimum Gasteiger partial charge on any atom is -0.368 e. The Labute approximate surface area is 177 Å². The van der Waals surface area contributed by atoms with Crippen LogP contribution in [0.5, 0.6) is 0 Å². The molecule has 1 atom stereocenters. The fraction of sp³-hybridized carbons (Fsp3) is 0.571.